The van der Waals surface area contributed by atoms with E-state index in [4.69, 9.17) is 0 Å². The molecule has 132 valence electrons. The van der Waals surface area contributed by atoms with Gasteiger partial charge in [-0.05, 0) is 49.8 Å². The van der Waals surface area contributed by atoms with Crippen molar-refractivity contribution in [2.24, 2.45) is 11.8 Å². The van der Waals surface area contributed by atoms with E-state index < -0.39 is 0 Å². The number of carbonyl (C=O) groups is 2. The Balaban J connectivity index is 1.57. The van der Waals surface area contributed by atoms with Gasteiger partial charge in [-0.15, -0.1) is 0 Å². The molecule has 1 unspecified atom stereocenters. The lowest BCUT2D eigenvalue weighted by Gasteiger charge is -2.27. The highest BCUT2D eigenvalue weighted by Crippen LogP contribution is 2.23. The lowest BCUT2D eigenvalue weighted by Crippen LogP contribution is -2.39. The predicted molar refractivity (Wildman–Crippen MR) is 95.5 cm³/mol. The summed E-state index contributed by atoms with van der Waals surface area (Å²) in [6.45, 7) is 4.87. The molecule has 2 rings (SSSR count). The molecule has 0 aliphatic carbocycles. The zero-order chi connectivity index (χ0) is 17.2. The van der Waals surface area contributed by atoms with E-state index in [1.165, 1.54) is 5.56 Å². The molecule has 1 aliphatic heterocycles. The Morgan fingerprint density at radius 2 is 1.83 bits per heavy atom. The van der Waals surface area contributed by atoms with Gasteiger partial charge in [-0.3, -0.25) is 9.59 Å². The number of piperidine rings is 1. The number of rotatable bonds is 8. The maximum Gasteiger partial charge on any atom is 0.239 e. The molecule has 1 heterocycles. The number of benzene rings is 1. The monoisotopic (exact) mass is 331 g/mol. The Kier molecular flexibility index (Phi) is 7.75. The molecule has 1 aliphatic rings. The van der Waals surface area contributed by atoms with E-state index in [9.17, 15) is 9.59 Å². The van der Waals surface area contributed by atoms with Crippen LogP contribution in [-0.4, -0.2) is 38.0 Å². The first-order chi connectivity index (χ1) is 11.6. The quantitative estimate of drug-likeness (QED) is 0.676. The molecular weight excluding hydrogens is 302 g/mol. The molecule has 1 saturated heterocycles. The van der Waals surface area contributed by atoms with Crippen molar-refractivity contribution in [1.29, 1.82) is 0 Å². The molecule has 0 radical (unpaired) electrons. The number of hydrogen-bond donors (Lipinski definition) is 3. The van der Waals surface area contributed by atoms with E-state index in [0.29, 0.717) is 24.8 Å². The van der Waals surface area contributed by atoms with Crippen LogP contribution in [0.2, 0.25) is 0 Å². The zero-order valence-corrected chi connectivity index (χ0v) is 14.5. The standard InChI is InChI=1S/C19H29N3O2/c1-15(17-8-10-20-11-9-17)13-18(23)22-14-19(24)21-12-7-16-5-3-2-4-6-16/h2-6,15,17,20H,7-14H2,1H3,(H,21,24)(H,22,23). The van der Waals surface area contributed by atoms with Crippen molar-refractivity contribution in [3.63, 3.8) is 0 Å². The minimum atomic E-state index is -0.131. The van der Waals surface area contributed by atoms with Gasteiger partial charge in [0.2, 0.25) is 11.8 Å². The van der Waals surface area contributed by atoms with Crippen LogP contribution in [0.1, 0.15) is 31.7 Å². The third-order valence-electron chi connectivity index (χ3n) is 4.72. The van der Waals surface area contributed by atoms with Crippen molar-refractivity contribution in [2.75, 3.05) is 26.2 Å². The van der Waals surface area contributed by atoms with Crippen LogP contribution < -0.4 is 16.0 Å². The van der Waals surface area contributed by atoms with Gasteiger partial charge in [0.25, 0.3) is 0 Å². The molecule has 0 aromatic heterocycles. The van der Waals surface area contributed by atoms with Gasteiger partial charge in [0.05, 0.1) is 6.54 Å². The number of nitrogens with one attached hydrogen (secondary N) is 3. The first-order valence-electron chi connectivity index (χ1n) is 8.93. The lowest BCUT2D eigenvalue weighted by atomic mass is 9.84. The molecule has 5 heteroatoms. The topological polar surface area (TPSA) is 70.2 Å². The summed E-state index contributed by atoms with van der Waals surface area (Å²) < 4.78 is 0. The molecule has 2 amide bonds. The third kappa shape index (κ3) is 6.71. The fourth-order valence-corrected chi connectivity index (χ4v) is 3.18. The maximum absolute atomic E-state index is 12.0. The molecule has 1 fully saturated rings. The smallest absolute Gasteiger partial charge is 0.239 e. The van der Waals surface area contributed by atoms with Crippen LogP contribution in [0.15, 0.2) is 30.3 Å². The van der Waals surface area contributed by atoms with Crippen LogP contribution in [0.4, 0.5) is 0 Å². The van der Waals surface area contributed by atoms with E-state index in [0.717, 1.165) is 32.4 Å². The van der Waals surface area contributed by atoms with Crippen molar-refractivity contribution in [1.82, 2.24) is 16.0 Å². The van der Waals surface area contributed by atoms with Crippen molar-refractivity contribution in [3.8, 4) is 0 Å². The molecule has 1 atom stereocenters. The van der Waals surface area contributed by atoms with Crippen LogP contribution in [0.3, 0.4) is 0 Å². The summed E-state index contributed by atoms with van der Waals surface area (Å²) in [5, 5.41) is 8.92. The van der Waals surface area contributed by atoms with Gasteiger partial charge in [-0.2, -0.15) is 0 Å². The van der Waals surface area contributed by atoms with Crippen LogP contribution in [0, 0.1) is 11.8 Å². The molecule has 0 saturated carbocycles. The van der Waals surface area contributed by atoms with Crippen molar-refractivity contribution < 1.29 is 9.59 Å². The number of hydrogen-bond acceptors (Lipinski definition) is 3. The Hall–Kier alpha value is -1.88. The first kappa shape index (κ1) is 18.5. The Bertz CT molecular complexity index is 513. The number of carbonyl (C=O) groups excluding carboxylic acids is 2. The zero-order valence-electron chi connectivity index (χ0n) is 14.5. The molecule has 24 heavy (non-hydrogen) atoms. The maximum atomic E-state index is 12.0. The third-order valence-corrected chi connectivity index (χ3v) is 4.72. The van der Waals surface area contributed by atoms with E-state index in [-0.39, 0.29) is 18.4 Å². The molecule has 3 N–H and O–H groups in total. The van der Waals surface area contributed by atoms with Gasteiger partial charge in [0, 0.05) is 13.0 Å². The summed E-state index contributed by atoms with van der Waals surface area (Å²) in [6.07, 6.45) is 3.57. The summed E-state index contributed by atoms with van der Waals surface area (Å²) in [6, 6.07) is 10.0. The summed E-state index contributed by atoms with van der Waals surface area (Å²) in [5.41, 5.74) is 1.19. The second-order valence-corrected chi connectivity index (χ2v) is 6.63. The van der Waals surface area contributed by atoms with E-state index in [1.807, 2.05) is 30.3 Å². The minimum Gasteiger partial charge on any atom is -0.354 e. The second kappa shape index (κ2) is 10.1. The normalized spacial score (nSPS) is 16.4. The molecule has 5 nitrogen and oxygen atoms in total. The summed E-state index contributed by atoms with van der Waals surface area (Å²) in [5.74, 6) is 0.818. The Morgan fingerprint density at radius 3 is 2.54 bits per heavy atom. The fourth-order valence-electron chi connectivity index (χ4n) is 3.18. The largest absolute Gasteiger partial charge is 0.354 e. The van der Waals surface area contributed by atoms with Crippen molar-refractivity contribution >= 4 is 11.8 Å². The minimum absolute atomic E-state index is 0.0285. The first-order valence-corrected chi connectivity index (χ1v) is 8.93. The van der Waals surface area contributed by atoms with Gasteiger partial charge in [0.1, 0.15) is 0 Å². The molecule has 0 bridgehead atoms. The van der Waals surface area contributed by atoms with Crippen molar-refractivity contribution in [2.45, 2.75) is 32.6 Å². The van der Waals surface area contributed by atoms with Gasteiger partial charge in [-0.25, -0.2) is 0 Å². The van der Waals surface area contributed by atoms with Gasteiger partial charge < -0.3 is 16.0 Å². The van der Waals surface area contributed by atoms with Crippen LogP contribution >= 0.6 is 0 Å². The highest BCUT2D eigenvalue weighted by atomic mass is 16.2. The molecule has 1 aromatic rings. The van der Waals surface area contributed by atoms with Crippen LogP contribution in [0.5, 0.6) is 0 Å². The molecule has 1 aromatic carbocycles. The average Bonchev–Trinajstić information content (AvgIpc) is 2.61. The fraction of sp³-hybridized carbons (Fsp3) is 0.579. The summed E-state index contributed by atoms with van der Waals surface area (Å²) in [4.78, 5) is 23.8. The van der Waals surface area contributed by atoms with E-state index >= 15 is 0 Å². The molecular formula is C19H29N3O2. The van der Waals surface area contributed by atoms with Gasteiger partial charge >= 0.3 is 0 Å². The van der Waals surface area contributed by atoms with E-state index in [2.05, 4.69) is 22.9 Å². The number of amides is 2. The average molecular weight is 331 g/mol. The summed E-state index contributed by atoms with van der Waals surface area (Å²) >= 11 is 0. The lowest BCUT2D eigenvalue weighted by molar-refractivity contribution is -0.126. The van der Waals surface area contributed by atoms with Gasteiger partial charge in [-0.1, -0.05) is 37.3 Å². The Morgan fingerprint density at radius 1 is 1.12 bits per heavy atom. The second-order valence-electron chi connectivity index (χ2n) is 6.63. The molecule has 0 spiro atoms. The predicted octanol–water partition coefficient (Wildman–Crippen LogP) is 1.49. The van der Waals surface area contributed by atoms with Crippen LogP contribution in [-0.2, 0) is 16.0 Å². The van der Waals surface area contributed by atoms with E-state index in [1.54, 1.807) is 0 Å². The van der Waals surface area contributed by atoms with Gasteiger partial charge in [0.15, 0.2) is 0 Å². The highest BCUT2D eigenvalue weighted by Gasteiger charge is 2.22. The van der Waals surface area contributed by atoms with Crippen molar-refractivity contribution in [3.05, 3.63) is 35.9 Å². The summed E-state index contributed by atoms with van der Waals surface area (Å²) in [7, 11) is 0. The van der Waals surface area contributed by atoms with Crippen LogP contribution in [0.25, 0.3) is 0 Å². The Labute approximate surface area is 144 Å². The SMILES string of the molecule is CC(CC(=O)NCC(=O)NCCc1ccccc1)C1CCNCC1. The highest BCUT2D eigenvalue weighted by molar-refractivity contribution is 5.84.